The third-order valence-electron chi connectivity index (χ3n) is 3.48. The number of carbonyl (C=O) groups excluding carboxylic acids is 1. The molecule has 5 nitrogen and oxygen atoms in total. The summed E-state index contributed by atoms with van der Waals surface area (Å²) in [6, 6.07) is 5.67. The zero-order chi connectivity index (χ0) is 14.5. The first-order valence-corrected chi connectivity index (χ1v) is 7.02. The summed E-state index contributed by atoms with van der Waals surface area (Å²) < 4.78 is 5.35. The van der Waals surface area contributed by atoms with E-state index in [1.54, 1.807) is 6.92 Å². The van der Waals surface area contributed by atoms with E-state index in [9.17, 15) is 4.79 Å². The average Bonchev–Trinajstić information content (AvgIpc) is 2.43. The number of anilines is 1. The Hall–Kier alpha value is -1.43. The van der Waals surface area contributed by atoms with Crippen LogP contribution in [0.3, 0.4) is 0 Å². The molecule has 1 atom stereocenters. The third-order valence-corrected chi connectivity index (χ3v) is 3.48. The number of nitrogens with one attached hydrogen (secondary N) is 1. The highest BCUT2D eigenvalue weighted by Crippen LogP contribution is 2.18. The fourth-order valence-electron chi connectivity index (χ4n) is 2.17. The maximum Gasteiger partial charge on any atom is 0.241 e. The Morgan fingerprint density at radius 3 is 2.80 bits per heavy atom. The zero-order valence-electron chi connectivity index (χ0n) is 12.2. The SMILES string of the molecule is Cc1ccc(CN2CCOCC2)cc1NC(=O)[C@@H](C)N. The van der Waals surface area contributed by atoms with Crippen LogP contribution in [0.4, 0.5) is 5.69 Å². The number of hydrogen-bond acceptors (Lipinski definition) is 4. The second-order valence-electron chi connectivity index (χ2n) is 5.32. The van der Waals surface area contributed by atoms with Gasteiger partial charge in [0.2, 0.25) is 5.91 Å². The molecule has 0 bridgehead atoms. The number of aryl methyl sites for hydroxylation is 1. The van der Waals surface area contributed by atoms with Gasteiger partial charge in [0.15, 0.2) is 0 Å². The summed E-state index contributed by atoms with van der Waals surface area (Å²) in [7, 11) is 0. The Labute approximate surface area is 120 Å². The standard InChI is InChI=1S/C15H23N3O2/c1-11-3-4-13(10-18-5-7-20-8-6-18)9-14(11)17-15(19)12(2)16/h3-4,9,12H,5-8,10,16H2,1-2H3,(H,17,19)/t12-/m1/s1. The number of hydrogen-bond donors (Lipinski definition) is 2. The summed E-state index contributed by atoms with van der Waals surface area (Å²) in [5.41, 5.74) is 8.67. The molecular formula is C15H23N3O2. The molecule has 1 aromatic carbocycles. The summed E-state index contributed by atoms with van der Waals surface area (Å²) >= 11 is 0. The lowest BCUT2D eigenvalue weighted by Gasteiger charge is -2.26. The lowest BCUT2D eigenvalue weighted by molar-refractivity contribution is -0.117. The molecule has 0 aliphatic carbocycles. The summed E-state index contributed by atoms with van der Waals surface area (Å²) in [6.07, 6.45) is 0. The predicted octanol–water partition coefficient (Wildman–Crippen LogP) is 1.11. The van der Waals surface area contributed by atoms with Crippen LogP contribution in [-0.2, 0) is 16.1 Å². The number of carbonyl (C=O) groups is 1. The molecule has 0 spiro atoms. The maximum atomic E-state index is 11.7. The molecule has 1 heterocycles. The van der Waals surface area contributed by atoms with Gasteiger partial charge in [0.25, 0.3) is 0 Å². The van der Waals surface area contributed by atoms with Crippen LogP contribution in [0.1, 0.15) is 18.1 Å². The van der Waals surface area contributed by atoms with E-state index in [0.717, 1.165) is 44.1 Å². The van der Waals surface area contributed by atoms with Crippen LogP contribution in [-0.4, -0.2) is 43.2 Å². The van der Waals surface area contributed by atoms with Gasteiger partial charge >= 0.3 is 0 Å². The van der Waals surface area contributed by atoms with E-state index >= 15 is 0 Å². The number of benzene rings is 1. The van der Waals surface area contributed by atoms with Crippen molar-refractivity contribution < 1.29 is 9.53 Å². The minimum absolute atomic E-state index is 0.156. The summed E-state index contributed by atoms with van der Waals surface area (Å²) in [4.78, 5) is 14.1. The van der Waals surface area contributed by atoms with Gasteiger partial charge < -0.3 is 15.8 Å². The number of nitrogens with two attached hydrogens (primary N) is 1. The van der Waals surface area contributed by atoms with Crippen molar-refractivity contribution in [2.45, 2.75) is 26.4 Å². The van der Waals surface area contributed by atoms with Gasteiger partial charge in [-0.05, 0) is 31.0 Å². The van der Waals surface area contributed by atoms with Crippen LogP contribution in [0.25, 0.3) is 0 Å². The van der Waals surface area contributed by atoms with Crippen molar-refractivity contribution in [1.29, 1.82) is 0 Å². The Kier molecular flexibility index (Phi) is 5.11. The van der Waals surface area contributed by atoms with Crippen molar-refractivity contribution in [3.05, 3.63) is 29.3 Å². The lowest BCUT2D eigenvalue weighted by atomic mass is 10.1. The number of amides is 1. The molecule has 5 heteroatoms. The Bertz CT molecular complexity index is 468. The van der Waals surface area contributed by atoms with Crippen molar-refractivity contribution in [1.82, 2.24) is 4.90 Å². The molecule has 110 valence electrons. The van der Waals surface area contributed by atoms with Crippen molar-refractivity contribution in [3.63, 3.8) is 0 Å². The summed E-state index contributed by atoms with van der Waals surface area (Å²) in [5.74, 6) is -0.156. The molecule has 2 rings (SSSR count). The Balaban J connectivity index is 2.05. The number of nitrogens with zero attached hydrogens (tertiary/aromatic N) is 1. The van der Waals surface area contributed by atoms with Gasteiger partial charge in [-0.25, -0.2) is 0 Å². The van der Waals surface area contributed by atoms with Gasteiger partial charge in [-0.1, -0.05) is 12.1 Å². The Morgan fingerprint density at radius 1 is 1.45 bits per heavy atom. The highest BCUT2D eigenvalue weighted by molar-refractivity contribution is 5.95. The molecule has 1 aliphatic rings. The van der Waals surface area contributed by atoms with E-state index in [0.29, 0.717) is 0 Å². The predicted molar refractivity (Wildman–Crippen MR) is 79.6 cm³/mol. The molecule has 1 fully saturated rings. The topological polar surface area (TPSA) is 67.6 Å². The van der Waals surface area contributed by atoms with E-state index in [1.165, 1.54) is 5.56 Å². The van der Waals surface area contributed by atoms with E-state index in [4.69, 9.17) is 10.5 Å². The molecule has 0 unspecified atom stereocenters. The van der Waals surface area contributed by atoms with Crippen molar-refractivity contribution in [2.75, 3.05) is 31.6 Å². The van der Waals surface area contributed by atoms with Crippen molar-refractivity contribution >= 4 is 11.6 Å². The monoisotopic (exact) mass is 277 g/mol. The Morgan fingerprint density at radius 2 is 2.15 bits per heavy atom. The molecule has 1 aromatic rings. The minimum Gasteiger partial charge on any atom is -0.379 e. The van der Waals surface area contributed by atoms with Gasteiger partial charge in [0, 0.05) is 25.3 Å². The normalized spacial score (nSPS) is 17.8. The van der Waals surface area contributed by atoms with Crippen LogP contribution in [0.15, 0.2) is 18.2 Å². The number of ether oxygens (including phenoxy) is 1. The highest BCUT2D eigenvalue weighted by Gasteiger charge is 2.13. The van der Waals surface area contributed by atoms with Gasteiger partial charge in [0.05, 0.1) is 19.3 Å². The van der Waals surface area contributed by atoms with Gasteiger partial charge in [-0.2, -0.15) is 0 Å². The quantitative estimate of drug-likeness (QED) is 0.865. The minimum atomic E-state index is -0.503. The molecule has 1 amide bonds. The first-order chi connectivity index (χ1) is 9.56. The molecule has 3 N–H and O–H groups in total. The van der Waals surface area contributed by atoms with Crippen molar-refractivity contribution in [2.24, 2.45) is 5.73 Å². The summed E-state index contributed by atoms with van der Waals surface area (Å²) in [6.45, 7) is 8.04. The zero-order valence-corrected chi connectivity index (χ0v) is 12.2. The highest BCUT2D eigenvalue weighted by atomic mass is 16.5. The fraction of sp³-hybridized carbons (Fsp3) is 0.533. The third kappa shape index (κ3) is 4.03. The first kappa shape index (κ1) is 15.0. The smallest absolute Gasteiger partial charge is 0.241 e. The van der Waals surface area contributed by atoms with Crippen molar-refractivity contribution in [3.8, 4) is 0 Å². The van der Waals surface area contributed by atoms with Crippen LogP contribution in [0.5, 0.6) is 0 Å². The molecule has 20 heavy (non-hydrogen) atoms. The second-order valence-corrected chi connectivity index (χ2v) is 5.32. The first-order valence-electron chi connectivity index (χ1n) is 7.02. The molecular weight excluding hydrogens is 254 g/mol. The molecule has 1 aliphatic heterocycles. The van der Waals surface area contributed by atoms with E-state index in [1.807, 2.05) is 19.1 Å². The van der Waals surface area contributed by atoms with Gasteiger partial charge in [0.1, 0.15) is 0 Å². The fourth-order valence-corrected chi connectivity index (χ4v) is 2.17. The van der Waals surface area contributed by atoms with Crippen LogP contribution >= 0.6 is 0 Å². The van der Waals surface area contributed by atoms with E-state index < -0.39 is 6.04 Å². The van der Waals surface area contributed by atoms with Gasteiger partial charge in [-0.3, -0.25) is 9.69 Å². The largest absolute Gasteiger partial charge is 0.379 e. The second kappa shape index (κ2) is 6.83. The summed E-state index contributed by atoms with van der Waals surface area (Å²) in [5, 5.41) is 2.88. The number of rotatable bonds is 4. The van der Waals surface area contributed by atoms with Crippen LogP contribution in [0.2, 0.25) is 0 Å². The van der Waals surface area contributed by atoms with Crippen LogP contribution in [0, 0.1) is 6.92 Å². The van der Waals surface area contributed by atoms with E-state index in [2.05, 4.69) is 16.3 Å². The molecule has 0 saturated carbocycles. The molecule has 0 radical (unpaired) electrons. The van der Waals surface area contributed by atoms with Crippen LogP contribution < -0.4 is 11.1 Å². The average molecular weight is 277 g/mol. The maximum absolute atomic E-state index is 11.7. The molecule has 0 aromatic heterocycles. The lowest BCUT2D eigenvalue weighted by Crippen LogP contribution is -2.35. The molecule has 1 saturated heterocycles. The number of morpholine rings is 1. The van der Waals surface area contributed by atoms with Gasteiger partial charge in [-0.15, -0.1) is 0 Å². The van der Waals surface area contributed by atoms with E-state index in [-0.39, 0.29) is 5.91 Å².